The highest BCUT2D eigenvalue weighted by Gasteiger charge is 2.26. The van der Waals surface area contributed by atoms with Crippen molar-refractivity contribution in [3.63, 3.8) is 0 Å². The lowest BCUT2D eigenvalue weighted by Crippen LogP contribution is -2.41. The van der Waals surface area contributed by atoms with Crippen molar-refractivity contribution >= 4 is 17.5 Å². The summed E-state index contributed by atoms with van der Waals surface area (Å²) < 4.78 is 5.40. The lowest BCUT2D eigenvalue weighted by molar-refractivity contribution is 0.0570. The van der Waals surface area contributed by atoms with Gasteiger partial charge in [0.15, 0.2) is 0 Å². The van der Waals surface area contributed by atoms with Crippen LogP contribution in [-0.2, 0) is 4.74 Å². The molecule has 0 aliphatic carbocycles. The predicted octanol–water partition coefficient (Wildman–Crippen LogP) is 3.42. The normalized spacial score (nSPS) is 11.4. The maximum Gasteiger partial charge on any atom is 0.415 e. The van der Waals surface area contributed by atoms with Crippen molar-refractivity contribution < 1.29 is 9.53 Å². The first kappa shape index (κ1) is 14.4. The number of nitrogen functional groups attached to an aromatic ring is 1. The smallest absolute Gasteiger partial charge is 0.415 e. The Bertz CT molecular complexity index is 422. The van der Waals surface area contributed by atoms with E-state index in [-0.39, 0.29) is 12.1 Å². The lowest BCUT2D eigenvalue weighted by atomic mass is 10.2. The van der Waals surface area contributed by atoms with Gasteiger partial charge in [0.1, 0.15) is 5.60 Å². The number of carbonyl (C=O) groups is 1. The van der Waals surface area contributed by atoms with E-state index in [1.165, 1.54) is 0 Å². The van der Waals surface area contributed by atoms with Gasteiger partial charge in [-0.15, -0.1) is 0 Å². The molecule has 0 heterocycles. The molecular formula is C14H22N2O2. The fourth-order valence-corrected chi connectivity index (χ4v) is 1.61. The lowest BCUT2D eigenvalue weighted by Gasteiger charge is -2.30. The summed E-state index contributed by atoms with van der Waals surface area (Å²) in [5.74, 6) is 0. The molecule has 100 valence electrons. The summed E-state index contributed by atoms with van der Waals surface area (Å²) in [6.45, 7) is 9.39. The number of hydrogen-bond donors (Lipinski definition) is 1. The van der Waals surface area contributed by atoms with Gasteiger partial charge >= 0.3 is 6.09 Å². The first-order valence-electron chi connectivity index (χ1n) is 6.09. The molecule has 1 amide bonds. The Morgan fingerprint density at radius 1 is 1.28 bits per heavy atom. The predicted molar refractivity (Wildman–Crippen MR) is 74.7 cm³/mol. The van der Waals surface area contributed by atoms with Gasteiger partial charge in [-0.05, 0) is 46.8 Å². The van der Waals surface area contributed by atoms with Gasteiger partial charge in [0.25, 0.3) is 0 Å². The maximum atomic E-state index is 12.2. The highest BCUT2D eigenvalue weighted by Crippen LogP contribution is 2.26. The minimum absolute atomic E-state index is 0.0236. The standard InChI is InChI=1S/C14H22N2O2/c1-10(2)16(13(17)18-14(3,4)5)12-9-7-6-8-11(12)15/h6-10H,15H2,1-5H3. The number of carbonyl (C=O) groups excluding carboxylic acids is 1. The molecule has 2 N–H and O–H groups in total. The van der Waals surface area contributed by atoms with E-state index in [1.54, 1.807) is 11.0 Å². The minimum atomic E-state index is -0.520. The van der Waals surface area contributed by atoms with Crippen LogP contribution in [0.2, 0.25) is 0 Å². The van der Waals surface area contributed by atoms with Gasteiger partial charge in [0, 0.05) is 6.04 Å². The fourth-order valence-electron chi connectivity index (χ4n) is 1.61. The van der Waals surface area contributed by atoms with Crippen LogP contribution in [0.4, 0.5) is 16.2 Å². The van der Waals surface area contributed by atoms with Crippen LogP contribution in [0, 0.1) is 0 Å². The quantitative estimate of drug-likeness (QED) is 0.818. The fraction of sp³-hybridized carbons (Fsp3) is 0.500. The molecule has 0 bridgehead atoms. The van der Waals surface area contributed by atoms with Crippen LogP contribution < -0.4 is 10.6 Å². The van der Waals surface area contributed by atoms with E-state index in [0.29, 0.717) is 11.4 Å². The van der Waals surface area contributed by atoms with Gasteiger partial charge in [-0.2, -0.15) is 0 Å². The van der Waals surface area contributed by atoms with E-state index in [2.05, 4.69) is 0 Å². The summed E-state index contributed by atoms with van der Waals surface area (Å²) in [4.78, 5) is 13.8. The Balaban J connectivity index is 3.05. The molecule has 0 spiro atoms. The second kappa shape index (κ2) is 5.29. The Kier molecular flexibility index (Phi) is 4.22. The summed E-state index contributed by atoms with van der Waals surface area (Å²) in [5, 5.41) is 0. The minimum Gasteiger partial charge on any atom is -0.443 e. The zero-order valence-corrected chi connectivity index (χ0v) is 11.7. The number of ether oxygens (including phenoxy) is 1. The van der Waals surface area contributed by atoms with Crippen LogP contribution >= 0.6 is 0 Å². The molecule has 0 aromatic heterocycles. The summed E-state index contributed by atoms with van der Waals surface area (Å²) in [6.07, 6.45) is -0.379. The zero-order chi connectivity index (χ0) is 13.9. The molecule has 1 rings (SSSR count). The van der Waals surface area contributed by atoms with Crippen molar-refractivity contribution in [3.8, 4) is 0 Å². The van der Waals surface area contributed by atoms with Crippen molar-refractivity contribution in [3.05, 3.63) is 24.3 Å². The summed E-state index contributed by atoms with van der Waals surface area (Å²) in [5.41, 5.74) is 6.64. The average molecular weight is 250 g/mol. The molecule has 4 heteroatoms. The molecule has 0 atom stereocenters. The maximum absolute atomic E-state index is 12.2. The number of nitrogens with zero attached hydrogens (tertiary/aromatic N) is 1. The number of amides is 1. The van der Waals surface area contributed by atoms with E-state index in [4.69, 9.17) is 10.5 Å². The van der Waals surface area contributed by atoms with E-state index in [9.17, 15) is 4.79 Å². The molecule has 0 radical (unpaired) electrons. The van der Waals surface area contributed by atoms with Crippen LogP contribution in [0.5, 0.6) is 0 Å². The number of benzene rings is 1. The van der Waals surface area contributed by atoms with Crippen LogP contribution in [0.15, 0.2) is 24.3 Å². The third kappa shape index (κ3) is 3.65. The first-order valence-corrected chi connectivity index (χ1v) is 6.09. The van der Waals surface area contributed by atoms with Crippen LogP contribution in [-0.4, -0.2) is 17.7 Å². The molecule has 0 aliphatic rings. The number of nitrogens with two attached hydrogens (primary N) is 1. The number of rotatable bonds is 2. The van der Waals surface area contributed by atoms with Crippen molar-refractivity contribution in [1.82, 2.24) is 0 Å². The largest absolute Gasteiger partial charge is 0.443 e. The second-order valence-corrected chi connectivity index (χ2v) is 5.50. The monoisotopic (exact) mass is 250 g/mol. The van der Waals surface area contributed by atoms with Crippen LogP contribution in [0.3, 0.4) is 0 Å². The van der Waals surface area contributed by atoms with E-state index < -0.39 is 5.60 Å². The zero-order valence-electron chi connectivity index (χ0n) is 11.7. The molecule has 0 fully saturated rings. The van der Waals surface area contributed by atoms with Gasteiger partial charge < -0.3 is 10.5 Å². The SMILES string of the molecule is CC(C)N(C(=O)OC(C)(C)C)c1ccccc1N. The Morgan fingerprint density at radius 2 is 1.83 bits per heavy atom. The Morgan fingerprint density at radius 3 is 2.28 bits per heavy atom. The molecule has 0 aliphatic heterocycles. The van der Waals surface area contributed by atoms with Crippen molar-refractivity contribution in [2.45, 2.75) is 46.3 Å². The molecule has 1 aromatic carbocycles. The van der Waals surface area contributed by atoms with Crippen LogP contribution in [0.25, 0.3) is 0 Å². The van der Waals surface area contributed by atoms with Crippen molar-refractivity contribution in [2.75, 3.05) is 10.6 Å². The first-order chi connectivity index (χ1) is 8.22. The third-order valence-corrected chi connectivity index (χ3v) is 2.30. The highest BCUT2D eigenvalue weighted by molar-refractivity contribution is 5.92. The average Bonchev–Trinajstić information content (AvgIpc) is 2.17. The van der Waals surface area contributed by atoms with Gasteiger partial charge in [-0.1, -0.05) is 12.1 Å². The summed E-state index contributed by atoms with van der Waals surface area (Å²) in [7, 11) is 0. The molecule has 1 aromatic rings. The van der Waals surface area contributed by atoms with Crippen molar-refractivity contribution in [1.29, 1.82) is 0 Å². The van der Waals surface area contributed by atoms with Gasteiger partial charge in [-0.25, -0.2) is 4.79 Å². The van der Waals surface area contributed by atoms with Gasteiger partial charge in [0.2, 0.25) is 0 Å². The van der Waals surface area contributed by atoms with E-state index in [1.807, 2.05) is 52.8 Å². The second-order valence-electron chi connectivity index (χ2n) is 5.50. The molecule has 0 unspecified atom stereocenters. The highest BCUT2D eigenvalue weighted by atomic mass is 16.6. The molecule has 0 saturated carbocycles. The van der Waals surface area contributed by atoms with Gasteiger partial charge in [0.05, 0.1) is 11.4 Å². The topological polar surface area (TPSA) is 55.6 Å². The molecule has 0 saturated heterocycles. The number of para-hydroxylation sites is 2. The molecule has 18 heavy (non-hydrogen) atoms. The third-order valence-electron chi connectivity index (χ3n) is 2.30. The number of anilines is 2. The van der Waals surface area contributed by atoms with Crippen LogP contribution in [0.1, 0.15) is 34.6 Å². The Hall–Kier alpha value is -1.71. The summed E-state index contributed by atoms with van der Waals surface area (Å²) >= 11 is 0. The summed E-state index contributed by atoms with van der Waals surface area (Å²) in [6, 6.07) is 7.26. The Labute approximate surface area is 109 Å². The van der Waals surface area contributed by atoms with E-state index >= 15 is 0 Å². The van der Waals surface area contributed by atoms with Gasteiger partial charge in [-0.3, -0.25) is 4.90 Å². The van der Waals surface area contributed by atoms with E-state index in [0.717, 1.165) is 0 Å². The number of hydrogen-bond acceptors (Lipinski definition) is 3. The molecular weight excluding hydrogens is 228 g/mol. The molecule has 4 nitrogen and oxygen atoms in total. The van der Waals surface area contributed by atoms with Crippen molar-refractivity contribution in [2.24, 2.45) is 0 Å².